The van der Waals surface area contributed by atoms with Crippen molar-refractivity contribution in [2.45, 2.75) is 35.8 Å². The molecule has 0 aliphatic carbocycles. The highest BCUT2D eigenvalue weighted by atomic mass is 32.2. The number of nitrogens with one attached hydrogen (secondary N) is 1. The van der Waals surface area contributed by atoms with E-state index in [0.717, 1.165) is 16.5 Å². The molecule has 0 aromatic carbocycles. The quantitative estimate of drug-likeness (QED) is 0.601. The lowest BCUT2D eigenvalue weighted by Crippen LogP contribution is -2.41. The van der Waals surface area contributed by atoms with Crippen LogP contribution in [-0.4, -0.2) is 23.6 Å². The summed E-state index contributed by atoms with van der Waals surface area (Å²) in [6.45, 7) is 0. The van der Waals surface area contributed by atoms with Crippen molar-refractivity contribution in [3.8, 4) is 0 Å². The third-order valence-electron chi connectivity index (χ3n) is 2.65. The van der Waals surface area contributed by atoms with E-state index in [1.807, 2.05) is 0 Å². The highest BCUT2D eigenvalue weighted by Crippen LogP contribution is 2.37. The van der Waals surface area contributed by atoms with Crippen molar-refractivity contribution < 1.29 is 0 Å². The highest BCUT2D eigenvalue weighted by molar-refractivity contribution is 8.00. The fourth-order valence-electron chi connectivity index (χ4n) is 1.97. The maximum Gasteiger partial charge on any atom is 0.0241 e. The molecule has 2 rings (SSSR count). The molecule has 0 unspecified atom stereocenters. The first-order valence-corrected chi connectivity index (χ1v) is 5.34. The fourth-order valence-corrected chi connectivity index (χ4v) is 3.58. The molecule has 0 spiro atoms. The minimum atomic E-state index is 0.765. The van der Waals surface area contributed by atoms with Gasteiger partial charge in [0.1, 0.15) is 0 Å². The Morgan fingerprint density at radius 3 is 3.18 bits per heavy atom. The molecule has 2 aliphatic heterocycles. The number of hydrogen-bond donors (Lipinski definition) is 1. The number of thioether (sulfide) groups is 1. The number of rotatable bonds is 1. The Kier molecular flexibility index (Phi) is 2.23. The van der Waals surface area contributed by atoms with E-state index in [4.69, 9.17) is 0 Å². The van der Waals surface area contributed by atoms with Crippen LogP contribution in [0.3, 0.4) is 0 Å². The van der Waals surface area contributed by atoms with Gasteiger partial charge in [-0.2, -0.15) is 0 Å². The molecule has 3 atom stereocenters. The topological polar surface area (TPSA) is 12.0 Å². The van der Waals surface area contributed by atoms with Crippen LogP contribution in [0.15, 0.2) is 12.2 Å². The van der Waals surface area contributed by atoms with Crippen LogP contribution in [0.5, 0.6) is 0 Å². The van der Waals surface area contributed by atoms with E-state index in [1.165, 1.54) is 19.3 Å². The van der Waals surface area contributed by atoms with Gasteiger partial charge in [0.05, 0.1) is 0 Å². The van der Waals surface area contributed by atoms with Crippen LogP contribution >= 0.6 is 11.8 Å². The zero-order valence-corrected chi connectivity index (χ0v) is 7.73. The van der Waals surface area contributed by atoms with E-state index >= 15 is 0 Å². The second kappa shape index (κ2) is 3.20. The standard InChI is InChI=1S/C9H15NS/c1-10-8-6-5-7-3-2-4-9(8)11-7/h2-3,7-10H,4-6H2,1H3/t7-,8+,9+/m0/s1. The fraction of sp³-hybridized carbons (Fsp3) is 0.778. The Morgan fingerprint density at radius 2 is 2.36 bits per heavy atom. The first-order chi connectivity index (χ1) is 5.40. The van der Waals surface area contributed by atoms with Gasteiger partial charge in [-0.15, -0.1) is 11.8 Å². The molecule has 0 aromatic heterocycles. The van der Waals surface area contributed by atoms with Gasteiger partial charge in [-0.25, -0.2) is 0 Å². The second-order valence-corrected chi connectivity index (χ2v) is 4.83. The van der Waals surface area contributed by atoms with E-state index in [-0.39, 0.29) is 0 Å². The molecular formula is C9H15NS. The number of allylic oxidation sites excluding steroid dienone is 1. The van der Waals surface area contributed by atoms with E-state index in [0.29, 0.717) is 0 Å². The van der Waals surface area contributed by atoms with Crippen molar-refractivity contribution >= 4 is 11.8 Å². The smallest absolute Gasteiger partial charge is 0.0241 e. The summed E-state index contributed by atoms with van der Waals surface area (Å²) in [6.07, 6.45) is 8.74. The van der Waals surface area contributed by atoms with Crippen molar-refractivity contribution in [2.75, 3.05) is 7.05 Å². The van der Waals surface area contributed by atoms with Gasteiger partial charge in [-0.1, -0.05) is 12.2 Å². The molecule has 2 bridgehead atoms. The Balaban J connectivity index is 2.05. The first-order valence-electron chi connectivity index (χ1n) is 4.39. The van der Waals surface area contributed by atoms with E-state index in [1.54, 1.807) is 0 Å². The maximum absolute atomic E-state index is 3.40. The van der Waals surface area contributed by atoms with Crippen LogP contribution in [0.2, 0.25) is 0 Å². The van der Waals surface area contributed by atoms with Crippen LogP contribution in [0.25, 0.3) is 0 Å². The Hall–Kier alpha value is 0.0500. The predicted octanol–water partition coefficient (Wildman–Crippen LogP) is 1.80. The molecule has 2 heteroatoms. The Bertz CT molecular complexity index is 167. The summed E-state index contributed by atoms with van der Waals surface area (Å²) in [5, 5.41) is 5.09. The molecule has 1 saturated heterocycles. The molecule has 0 radical (unpaired) electrons. The summed E-state index contributed by atoms with van der Waals surface area (Å²) in [4.78, 5) is 0. The third-order valence-corrected chi connectivity index (χ3v) is 4.26. The molecule has 2 aliphatic rings. The van der Waals surface area contributed by atoms with Gasteiger partial charge in [0, 0.05) is 16.5 Å². The molecule has 0 saturated carbocycles. The first kappa shape index (κ1) is 7.69. The van der Waals surface area contributed by atoms with Gasteiger partial charge in [-0.3, -0.25) is 0 Å². The average molecular weight is 169 g/mol. The minimum absolute atomic E-state index is 0.765. The van der Waals surface area contributed by atoms with Gasteiger partial charge in [0.15, 0.2) is 0 Å². The maximum atomic E-state index is 3.40. The van der Waals surface area contributed by atoms with Gasteiger partial charge in [-0.05, 0) is 26.3 Å². The average Bonchev–Trinajstić information content (AvgIpc) is 2.06. The molecule has 2 heterocycles. The predicted molar refractivity (Wildman–Crippen MR) is 51.0 cm³/mol. The summed E-state index contributed by atoms with van der Waals surface area (Å²) >= 11 is 2.16. The molecule has 1 N–H and O–H groups in total. The zero-order valence-electron chi connectivity index (χ0n) is 6.92. The summed E-state index contributed by atoms with van der Waals surface area (Å²) in [5.41, 5.74) is 0. The largest absolute Gasteiger partial charge is 0.316 e. The number of hydrogen-bond acceptors (Lipinski definition) is 2. The van der Waals surface area contributed by atoms with E-state index < -0.39 is 0 Å². The monoisotopic (exact) mass is 169 g/mol. The van der Waals surface area contributed by atoms with E-state index in [9.17, 15) is 0 Å². The Morgan fingerprint density at radius 1 is 1.45 bits per heavy atom. The van der Waals surface area contributed by atoms with E-state index in [2.05, 4.69) is 36.3 Å². The van der Waals surface area contributed by atoms with Gasteiger partial charge in [0.2, 0.25) is 0 Å². The van der Waals surface area contributed by atoms with Crippen molar-refractivity contribution in [3.05, 3.63) is 12.2 Å². The molecule has 1 fully saturated rings. The normalized spacial score (nSPS) is 42.5. The molecule has 62 valence electrons. The minimum Gasteiger partial charge on any atom is -0.316 e. The van der Waals surface area contributed by atoms with Crippen LogP contribution in [0.1, 0.15) is 19.3 Å². The second-order valence-electron chi connectivity index (χ2n) is 3.35. The molecule has 0 amide bonds. The molecule has 1 nitrogen and oxygen atoms in total. The summed E-state index contributed by atoms with van der Waals surface area (Å²) < 4.78 is 0. The lowest BCUT2D eigenvalue weighted by Gasteiger charge is -2.36. The summed E-state index contributed by atoms with van der Waals surface area (Å²) in [7, 11) is 2.09. The lowest BCUT2D eigenvalue weighted by atomic mass is 9.99. The van der Waals surface area contributed by atoms with Crippen molar-refractivity contribution in [1.82, 2.24) is 5.32 Å². The van der Waals surface area contributed by atoms with Gasteiger partial charge in [0.25, 0.3) is 0 Å². The van der Waals surface area contributed by atoms with Crippen molar-refractivity contribution in [2.24, 2.45) is 0 Å². The summed E-state index contributed by atoms with van der Waals surface area (Å²) in [5.74, 6) is 0. The van der Waals surface area contributed by atoms with Crippen molar-refractivity contribution in [3.63, 3.8) is 0 Å². The lowest BCUT2D eigenvalue weighted by molar-refractivity contribution is 0.468. The highest BCUT2D eigenvalue weighted by Gasteiger charge is 2.30. The summed E-state index contributed by atoms with van der Waals surface area (Å²) in [6, 6.07) is 0.765. The molecular weight excluding hydrogens is 154 g/mol. The Labute approximate surface area is 72.6 Å². The van der Waals surface area contributed by atoms with Crippen LogP contribution in [0.4, 0.5) is 0 Å². The molecule has 0 aromatic rings. The SMILES string of the molecule is CN[C@@H]1CC[C@@H]2C=CC[C@H]1S2. The third kappa shape index (κ3) is 1.47. The van der Waals surface area contributed by atoms with Crippen LogP contribution < -0.4 is 5.32 Å². The zero-order chi connectivity index (χ0) is 7.68. The number of fused-ring (bicyclic) bond motifs is 2. The van der Waals surface area contributed by atoms with Crippen molar-refractivity contribution in [1.29, 1.82) is 0 Å². The molecule has 11 heavy (non-hydrogen) atoms. The van der Waals surface area contributed by atoms with Crippen LogP contribution in [-0.2, 0) is 0 Å². The van der Waals surface area contributed by atoms with Gasteiger partial charge >= 0.3 is 0 Å². The van der Waals surface area contributed by atoms with Crippen LogP contribution in [0, 0.1) is 0 Å². The van der Waals surface area contributed by atoms with Gasteiger partial charge < -0.3 is 5.32 Å².